The number of hydrazone groups is 1. The number of benzene rings is 3. The first-order valence-corrected chi connectivity index (χ1v) is 14.6. The van der Waals surface area contributed by atoms with Crippen LogP contribution in [0.15, 0.2) is 89.0 Å². The van der Waals surface area contributed by atoms with Crippen molar-refractivity contribution in [1.29, 1.82) is 5.41 Å². The van der Waals surface area contributed by atoms with Gasteiger partial charge in [0.15, 0.2) is 28.8 Å². The molecule has 10 heteroatoms. The van der Waals surface area contributed by atoms with Crippen LogP contribution in [-0.2, 0) is 11.2 Å². The van der Waals surface area contributed by atoms with Gasteiger partial charge in [0.25, 0.3) is 5.91 Å². The van der Waals surface area contributed by atoms with Gasteiger partial charge in [-0.3, -0.25) is 10.2 Å². The van der Waals surface area contributed by atoms with Gasteiger partial charge in [-0.05, 0) is 73.5 Å². The molecule has 2 aliphatic heterocycles. The van der Waals surface area contributed by atoms with Gasteiger partial charge in [0.1, 0.15) is 18.3 Å². The molecule has 0 aromatic heterocycles. The summed E-state index contributed by atoms with van der Waals surface area (Å²) in [7, 11) is 1.61. The van der Waals surface area contributed by atoms with Crippen molar-refractivity contribution < 1.29 is 23.7 Å². The van der Waals surface area contributed by atoms with Gasteiger partial charge in [0.05, 0.1) is 19.3 Å². The van der Waals surface area contributed by atoms with E-state index >= 15 is 0 Å². The summed E-state index contributed by atoms with van der Waals surface area (Å²) < 4.78 is 23.1. The summed E-state index contributed by atoms with van der Waals surface area (Å²) in [5, 5.41) is 15.7. The topological polar surface area (TPSA) is 106 Å². The number of amides is 1. The zero-order valence-corrected chi connectivity index (χ0v) is 25.1. The second-order valence-corrected chi connectivity index (χ2v) is 10.6. The molecular formula is C33H32N4O5S. The standard InChI is InChI=1S/C33H32N4O5S/c1-5-7-22-10-14-26(28(19-22)39-4)41-16-17-42-27-15-11-23(20-29(27)40-6-2)18-25-30(34)37-33(35-31(25)38)43-32(36-37)24-12-8-21(3)9-13-24/h5,8-15,18-20,34H,1,6-7,16-17H2,2-4H3. The molecule has 9 nitrogen and oxygen atoms in total. The number of carbonyl (C=O) groups excluding carboxylic acids is 1. The van der Waals surface area contributed by atoms with E-state index in [1.165, 1.54) is 16.8 Å². The second kappa shape index (κ2) is 13.4. The fourth-order valence-electron chi connectivity index (χ4n) is 4.40. The van der Waals surface area contributed by atoms with Crippen molar-refractivity contribution >= 4 is 39.8 Å². The lowest BCUT2D eigenvalue weighted by Crippen LogP contribution is -2.35. The molecule has 0 bridgehead atoms. The molecular weight excluding hydrogens is 564 g/mol. The molecule has 0 saturated heterocycles. The third kappa shape index (κ3) is 6.81. The van der Waals surface area contributed by atoms with Gasteiger partial charge in [0.2, 0.25) is 5.17 Å². The third-order valence-corrected chi connectivity index (χ3v) is 7.50. The molecule has 3 aromatic carbocycles. The predicted molar refractivity (Wildman–Crippen MR) is 171 cm³/mol. The molecule has 5 rings (SSSR count). The number of nitrogens with one attached hydrogen (secondary N) is 1. The van der Waals surface area contributed by atoms with E-state index in [9.17, 15) is 4.79 Å². The number of hydrogen-bond acceptors (Lipinski definition) is 8. The van der Waals surface area contributed by atoms with Crippen molar-refractivity contribution in [3.8, 4) is 23.0 Å². The van der Waals surface area contributed by atoms with Crippen molar-refractivity contribution in [3.05, 3.63) is 101 Å². The van der Waals surface area contributed by atoms with E-state index in [0.29, 0.717) is 52.0 Å². The van der Waals surface area contributed by atoms with Crippen LogP contribution < -0.4 is 18.9 Å². The van der Waals surface area contributed by atoms with E-state index < -0.39 is 5.91 Å². The largest absolute Gasteiger partial charge is 0.493 e. The van der Waals surface area contributed by atoms with Gasteiger partial charge < -0.3 is 18.9 Å². The predicted octanol–water partition coefficient (Wildman–Crippen LogP) is 6.26. The quantitative estimate of drug-likeness (QED) is 0.150. The summed E-state index contributed by atoms with van der Waals surface area (Å²) in [6.07, 6.45) is 4.20. The number of thioether (sulfide) groups is 1. The van der Waals surface area contributed by atoms with Gasteiger partial charge >= 0.3 is 0 Å². The van der Waals surface area contributed by atoms with Gasteiger partial charge in [-0.1, -0.05) is 48.0 Å². The maximum absolute atomic E-state index is 12.9. The molecule has 0 atom stereocenters. The Balaban J connectivity index is 1.27. The minimum absolute atomic E-state index is 0.0343. The van der Waals surface area contributed by atoms with Gasteiger partial charge in [-0.15, -0.1) is 6.58 Å². The molecule has 0 saturated carbocycles. The molecule has 2 aliphatic rings. The van der Waals surface area contributed by atoms with Gasteiger partial charge in [0, 0.05) is 5.56 Å². The lowest BCUT2D eigenvalue weighted by Gasteiger charge is -2.20. The van der Waals surface area contributed by atoms with Crippen LogP contribution in [0.25, 0.3) is 6.08 Å². The van der Waals surface area contributed by atoms with Crippen molar-refractivity contribution in [2.45, 2.75) is 20.3 Å². The first kappa shape index (κ1) is 29.7. The number of nitrogens with zero attached hydrogens (tertiary/aromatic N) is 3. The van der Waals surface area contributed by atoms with E-state index in [-0.39, 0.29) is 18.0 Å². The van der Waals surface area contributed by atoms with E-state index in [1.54, 1.807) is 31.4 Å². The van der Waals surface area contributed by atoms with Crippen LogP contribution in [0, 0.1) is 12.3 Å². The lowest BCUT2D eigenvalue weighted by molar-refractivity contribution is -0.114. The summed E-state index contributed by atoms with van der Waals surface area (Å²) in [6.45, 7) is 8.65. The molecule has 43 heavy (non-hydrogen) atoms. The number of allylic oxidation sites excluding steroid dienone is 1. The lowest BCUT2D eigenvalue weighted by atomic mass is 10.1. The average Bonchev–Trinajstić information content (AvgIpc) is 3.43. The first-order valence-electron chi connectivity index (χ1n) is 13.8. The van der Waals surface area contributed by atoms with Crippen molar-refractivity contribution in [2.75, 3.05) is 26.9 Å². The Morgan fingerprint density at radius 3 is 2.37 bits per heavy atom. The second-order valence-electron chi connectivity index (χ2n) is 9.61. The van der Waals surface area contributed by atoms with Crippen LogP contribution in [0.5, 0.6) is 23.0 Å². The number of methoxy groups -OCH3 is 1. The highest BCUT2D eigenvalue weighted by Crippen LogP contribution is 2.33. The molecule has 0 aliphatic carbocycles. The molecule has 220 valence electrons. The number of amidine groups is 2. The fourth-order valence-corrected chi connectivity index (χ4v) is 5.30. The Morgan fingerprint density at radius 1 is 0.953 bits per heavy atom. The van der Waals surface area contributed by atoms with Crippen LogP contribution in [0.1, 0.15) is 29.2 Å². The highest BCUT2D eigenvalue weighted by atomic mass is 32.2. The first-order chi connectivity index (χ1) is 20.9. The number of aryl methyl sites for hydroxylation is 1. The Morgan fingerprint density at radius 2 is 1.67 bits per heavy atom. The Labute approximate surface area is 255 Å². The molecule has 0 fully saturated rings. The van der Waals surface area contributed by atoms with Crippen LogP contribution >= 0.6 is 11.8 Å². The Bertz CT molecular complexity index is 1650. The van der Waals surface area contributed by atoms with Crippen molar-refractivity contribution in [3.63, 3.8) is 0 Å². The molecule has 0 spiro atoms. The molecule has 0 radical (unpaired) electrons. The number of aliphatic imine (C=N–C) groups is 1. The van der Waals surface area contributed by atoms with E-state index in [2.05, 4.69) is 16.7 Å². The SMILES string of the molecule is C=CCc1ccc(OCCOc2ccc(C=C3C(=N)N4N=C(c5ccc(C)cc5)SC4=NC3=O)cc2OCC)c(OC)c1. The van der Waals surface area contributed by atoms with Gasteiger partial charge in [-0.2, -0.15) is 15.1 Å². The van der Waals surface area contributed by atoms with Crippen molar-refractivity contribution in [1.82, 2.24) is 5.01 Å². The summed E-state index contributed by atoms with van der Waals surface area (Å²) in [5.41, 5.74) is 3.93. The number of ether oxygens (including phenoxy) is 4. The van der Waals surface area contributed by atoms with E-state index in [1.807, 2.05) is 62.4 Å². The number of carbonyl (C=O) groups is 1. The smallest absolute Gasteiger partial charge is 0.283 e. The molecule has 2 heterocycles. The Kier molecular flexibility index (Phi) is 9.26. The summed E-state index contributed by atoms with van der Waals surface area (Å²) >= 11 is 1.27. The number of hydrogen-bond donors (Lipinski definition) is 1. The zero-order chi connectivity index (χ0) is 30.3. The van der Waals surface area contributed by atoms with Crippen LogP contribution in [0.2, 0.25) is 0 Å². The van der Waals surface area contributed by atoms with Crippen LogP contribution in [0.4, 0.5) is 0 Å². The molecule has 1 N–H and O–H groups in total. The minimum Gasteiger partial charge on any atom is -0.493 e. The summed E-state index contributed by atoms with van der Waals surface area (Å²) in [5.74, 6) is 1.80. The monoisotopic (exact) mass is 596 g/mol. The highest BCUT2D eigenvalue weighted by Gasteiger charge is 2.36. The van der Waals surface area contributed by atoms with Gasteiger partial charge in [-0.25, -0.2) is 0 Å². The summed E-state index contributed by atoms with van der Waals surface area (Å²) in [4.78, 5) is 17.1. The number of fused-ring (bicyclic) bond motifs is 1. The normalized spacial score (nSPS) is 15.1. The van der Waals surface area contributed by atoms with E-state index in [0.717, 1.165) is 23.1 Å². The fraction of sp³-hybridized carbons (Fsp3) is 0.212. The van der Waals surface area contributed by atoms with E-state index in [4.69, 9.17) is 24.4 Å². The zero-order valence-electron chi connectivity index (χ0n) is 24.3. The highest BCUT2D eigenvalue weighted by molar-refractivity contribution is 8.27. The maximum Gasteiger partial charge on any atom is 0.283 e. The van der Waals surface area contributed by atoms with Crippen molar-refractivity contribution in [2.24, 2.45) is 10.1 Å². The third-order valence-electron chi connectivity index (χ3n) is 6.54. The molecule has 1 amide bonds. The summed E-state index contributed by atoms with van der Waals surface area (Å²) in [6, 6.07) is 19.0. The average molecular weight is 597 g/mol. The Hall–Kier alpha value is -4.83. The van der Waals surface area contributed by atoms with Crippen LogP contribution in [-0.4, -0.2) is 53.9 Å². The van der Waals surface area contributed by atoms with Crippen LogP contribution in [0.3, 0.4) is 0 Å². The maximum atomic E-state index is 12.9. The molecule has 0 unspecified atom stereocenters. The molecule has 3 aromatic rings. The minimum atomic E-state index is -0.493. The number of rotatable bonds is 12.